The Bertz CT molecular complexity index is 83.8. The Kier molecular flexibility index (Phi) is 4.95. The molecule has 1 saturated heterocycles. The van der Waals surface area contributed by atoms with E-state index in [1.54, 1.807) is 0 Å². The normalized spacial score (nSPS) is 34.2. The van der Waals surface area contributed by atoms with E-state index >= 15 is 0 Å². The molecule has 1 heterocycles. The monoisotopic (exact) mass is 169 g/mol. The van der Waals surface area contributed by atoms with Crippen LogP contribution in [0.2, 0.25) is 0 Å². The first-order valence-electron chi connectivity index (χ1n) is 3.33. The molecule has 62 valence electrons. The minimum Gasteiger partial charge on any atom is -0.390 e. The standard InChI is InChI=1S/C6H12FNO.ClH/c7-5-1-3-8-4-2-6(5)9;/h5-6,8-9H,1-4H2;1H. The van der Waals surface area contributed by atoms with Gasteiger partial charge in [-0.25, -0.2) is 4.39 Å². The molecule has 2 atom stereocenters. The Hall–Kier alpha value is 0.140. The van der Waals surface area contributed by atoms with E-state index in [0.29, 0.717) is 19.4 Å². The number of halogens is 2. The van der Waals surface area contributed by atoms with E-state index in [2.05, 4.69) is 5.32 Å². The number of alkyl halides is 1. The summed E-state index contributed by atoms with van der Waals surface area (Å²) < 4.78 is 12.5. The topological polar surface area (TPSA) is 32.3 Å². The molecule has 1 aliphatic heterocycles. The molecule has 1 aliphatic rings. The Labute approximate surface area is 66.2 Å². The maximum absolute atomic E-state index is 12.5. The molecule has 2 unspecified atom stereocenters. The van der Waals surface area contributed by atoms with Gasteiger partial charge in [0.2, 0.25) is 0 Å². The van der Waals surface area contributed by atoms with Gasteiger partial charge >= 0.3 is 0 Å². The zero-order valence-electron chi connectivity index (χ0n) is 5.72. The largest absolute Gasteiger partial charge is 0.390 e. The summed E-state index contributed by atoms with van der Waals surface area (Å²) >= 11 is 0. The first-order chi connectivity index (χ1) is 4.30. The minimum absolute atomic E-state index is 0. The van der Waals surface area contributed by atoms with Crippen molar-refractivity contribution >= 4 is 12.4 Å². The van der Waals surface area contributed by atoms with Crippen molar-refractivity contribution in [2.24, 2.45) is 0 Å². The van der Waals surface area contributed by atoms with Crippen LogP contribution in [0.4, 0.5) is 4.39 Å². The molecule has 2 nitrogen and oxygen atoms in total. The van der Waals surface area contributed by atoms with Crippen molar-refractivity contribution < 1.29 is 9.50 Å². The summed E-state index contributed by atoms with van der Waals surface area (Å²) in [6.45, 7) is 1.43. The number of rotatable bonds is 0. The van der Waals surface area contributed by atoms with Crippen molar-refractivity contribution in [2.45, 2.75) is 25.1 Å². The number of nitrogens with one attached hydrogen (secondary N) is 1. The first-order valence-corrected chi connectivity index (χ1v) is 3.33. The molecule has 1 fully saturated rings. The van der Waals surface area contributed by atoms with E-state index in [-0.39, 0.29) is 12.4 Å². The van der Waals surface area contributed by atoms with Crippen molar-refractivity contribution in [3.8, 4) is 0 Å². The zero-order valence-corrected chi connectivity index (χ0v) is 6.53. The van der Waals surface area contributed by atoms with Gasteiger partial charge in [-0.2, -0.15) is 0 Å². The van der Waals surface area contributed by atoms with E-state index in [4.69, 9.17) is 5.11 Å². The van der Waals surface area contributed by atoms with E-state index in [1.807, 2.05) is 0 Å². The number of hydrogen-bond donors (Lipinski definition) is 2. The Morgan fingerprint density at radius 1 is 1.30 bits per heavy atom. The summed E-state index contributed by atoms with van der Waals surface area (Å²) in [5, 5.41) is 12.0. The lowest BCUT2D eigenvalue weighted by Crippen LogP contribution is -2.20. The number of aliphatic hydroxyl groups is 1. The highest BCUT2D eigenvalue weighted by atomic mass is 35.5. The molecule has 2 N–H and O–H groups in total. The fourth-order valence-corrected chi connectivity index (χ4v) is 0.988. The van der Waals surface area contributed by atoms with Gasteiger partial charge in [0, 0.05) is 0 Å². The van der Waals surface area contributed by atoms with Crippen LogP contribution < -0.4 is 5.32 Å². The molecule has 0 aromatic heterocycles. The summed E-state index contributed by atoms with van der Waals surface area (Å²) in [4.78, 5) is 0. The number of hydrogen-bond acceptors (Lipinski definition) is 2. The van der Waals surface area contributed by atoms with Gasteiger partial charge in [-0.05, 0) is 25.9 Å². The van der Waals surface area contributed by atoms with Crippen LogP contribution in [-0.4, -0.2) is 30.5 Å². The van der Waals surface area contributed by atoms with Crippen LogP contribution in [0.5, 0.6) is 0 Å². The Morgan fingerprint density at radius 2 is 1.90 bits per heavy atom. The lowest BCUT2D eigenvalue weighted by molar-refractivity contribution is 0.0758. The average Bonchev–Trinajstić information content (AvgIpc) is 1.99. The van der Waals surface area contributed by atoms with E-state index in [1.165, 1.54) is 0 Å². The predicted molar refractivity (Wildman–Crippen MR) is 40.3 cm³/mol. The molecular weight excluding hydrogens is 157 g/mol. The zero-order chi connectivity index (χ0) is 6.69. The lowest BCUT2D eigenvalue weighted by atomic mass is 10.1. The second-order valence-electron chi connectivity index (χ2n) is 2.41. The Morgan fingerprint density at radius 3 is 2.60 bits per heavy atom. The molecule has 0 aliphatic carbocycles. The summed E-state index contributed by atoms with van der Waals surface area (Å²) in [5.74, 6) is 0. The second kappa shape index (κ2) is 4.88. The lowest BCUT2D eigenvalue weighted by Gasteiger charge is -2.09. The first kappa shape index (κ1) is 10.1. The van der Waals surface area contributed by atoms with Crippen LogP contribution in [-0.2, 0) is 0 Å². The molecular formula is C6H13ClFNO. The van der Waals surface area contributed by atoms with Crippen LogP contribution in [0, 0.1) is 0 Å². The van der Waals surface area contributed by atoms with Gasteiger partial charge in [0.15, 0.2) is 0 Å². The smallest absolute Gasteiger partial charge is 0.127 e. The molecule has 0 aromatic rings. The molecule has 10 heavy (non-hydrogen) atoms. The minimum atomic E-state index is -1.01. The van der Waals surface area contributed by atoms with Gasteiger partial charge in [0.25, 0.3) is 0 Å². The number of aliphatic hydroxyl groups excluding tert-OH is 1. The average molecular weight is 170 g/mol. The molecule has 4 heteroatoms. The fraction of sp³-hybridized carbons (Fsp3) is 1.00. The van der Waals surface area contributed by atoms with Crippen molar-refractivity contribution in [1.29, 1.82) is 0 Å². The molecule has 0 spiro atoms. The van der Waals surface area contributed by atoms with Crippen molar-refractivity contribution in [3.05, 3.63) is 0 Å². The predicted octanol–water partition coefficient (Wildman–Crippen LogP) is 0.491. The SMILES string of the molecule is Cl.OC1CCNCCC1F. The summed E-state index contributed by atoms with van der Waals surface area (Å²) in [7, 11) is 0. The highest BCUT2D eigenvalue weighted by molar-refractivity contribution is 5.85. The molecule has 1 rings (SSSR count). The van der Waals surface area contributed by atoms with Gasteiger partial charge < -0.3 is 10.4 Å². The molecule has 0 radical (unpaired) electrons. The van der Waals surface area contributed by atoms with Crippen molar-refractivity contribution in [2.75, 3.05) is 13.1 Å². The van der Waals surface area contributed by atoms with Gasteiger partial charge in [-0.15, -0.1) is 12.4 Å². The van der Waals surface area contributed by atoms with Crippen LogP contribution in [0.25, 0.3) is 0 Å². The third-order valence-corrected chi connectivity index (χ3v) is 1.63. The second-order valence-corrected chi connectivity index (χ2v) is 2.41. The molecule has 0 amide bonds. The van der Waals surface area contributed by atoms with Crippen molar-refractivity contribution in [3.63, 3.8) is 0 Å². The van der Waals surface area contributed by atoms with E-state index in [0.717, 1.165) is 6.54 Å². The highest BCUT2D eigenvalue weighted by Crippen LogP contribution is 2.09. The quantitative estimate of drug-likeness (QED) is 0.553. The van der Waals surface area contributed by atoms with E-state index < -0.39 is 12.3 Å². The molecule has 0 bridgehead atoms. The Balaban J connectivity index is 0.000000810. The summed E-state index contributed by atoms with van der Waals surface area (Å²) in [6, 6.07) is 0. The molecule has 0 aromatic carbocycles. The third kappa shape index (κ3) is 2.82. The van der Waals surface area contributed by atoms with Crippen LogP contribution in [0.15, 0.2) is 0 Å². The third-order valence-electron chi connectivity index (χ3n) is 1.63. The van der Waals surface area contributed by atoms with E-state index in [9.17, 15) is 4.39 Å². The van der Waals surface area contributed by atoms with Gasteiger partial charge in [0.1, 0.15) is 6.17 Å². The maximum Gasteiger partial charge on any atom is 0.127 e. The maximum atomic E-state index is 12.5. The van der Waals surface area contributed by atoms with Crippen LogP contribution in [0.1, 0.15) is 12.8 Å². The summed E-state index contributed by atoms with van der Waals surface area (Å²) in [5.41, 5.74) is 0. The van der Waals surface area contributed by atoms with Crippen LogP contribution in [0.3, 0.4) is 0 Å². The van der Waals surface area contributed by atoms with Gasteiger partial charge in [0.05, 0.1) is 6.10 Å². The van der Waals surface area contributed by atoms with Gasteiger partial charge in [-0.1, -0.05) is 0 Å². The molecule has 0 saturated carbocycles. The van der Waals surface area contributed by atoms with Crippen molar-refractivity contribution in [1.82, 2.24) is 5.32 Å². The summed E-state index contributed by atoms with van der Waals surface area (Å²) in [6.07, 6.45) is -0.762. The van der Waals surface area contributed by atoms with Gasteiger partial charge in [-0.3, -0.25) is 0 Å². The fourth-order valence-electron chi connectivity index (χ4n) is 0.988. The highest BCUT2D eigenvalue weighted by Gasteiger charge is 2.19. The van der Waals surface area contributed by atoms with Crippen LogP contribution >= 0.6 is 12.4 Å².